The number of nitro benzene ring substituents is 1. The molecule has 0 saturated heterocycles. The minimum atomic E-state index is -0.369. The van der Waals surface area contributed by atoms with Crippen LogP contribution in [0.15, 0.2) is 18.2 Å². The highest BCUT2D eigenvalue weighted by atomic mass is 127. The number of non-ortho nitro benzene ring substituents is 1. The van der Waals surface area contributed by atoms with Crippen molar-refractivity contribution in [2.75, 3.05) is 0 Å². The van der Waals surface area contributed by atoms with Crippen molar-refractivity contribution in [2.45, 2.75) is 19.8 Å². The molecule has 0 N–H and O–H groups in total. The molecule has 1 aromatic rings. The van der Waals surface area contributed by atoms with Gasteiger partial charge < -0.3 is 0 Å². The summed E-state index contributed by atoms with van der Waals surface area (Å²) in [5, 5.41) is 10.4. The molecule has 0 amide bonds. The topological polar surface area (TPSA) is 43.1 Å². The number of rotatable bonds is 2. The minimum Gasteiger partial charge on any atom is -0.258 e. The second kappa shape index (κ2) is 4.04. The fourth-order valence-corrected chi connectivity index (χ4v) is 2.22. The molecule has 0 unspecified atom stereocenters. The molecule has 0 fully saturated rings. The van der Waals surface area contributed by atoms with Gasteiger partial charge in [0.1, 0.15) is 0 Å². The third kappa shape index (κ3) is 2.40. The first-order valence-electron chi connectivity index (χ1n) is 3.96. The van der Waals surface area contributed by atoms with E-state index in [1.165, 1.54) is 0 Å². The maximum Gasteiger partial charge on any atom is 0.270 e. The fourth-order valence-electron chi connectivity index (χ4n) is 1.10. The van der Waals surface area contributed by atoms with E-state index < -0.39 is 0 Å². The molecule has 0 saturated carbocycles. The number of benzene rings is 1. The number of hydrogen-bond donors (Lipinski definition) is 0. The smallest absolute Gasteiger partial charge is 0.258 e. The van der Waals surface area contributed by atoms with E-state index in [0.29, 0.717) is 5.92 Å². The van der Waals surface area contributed by atoms with Crippen LogP contribution in [0.1, 0.15) is 25.3 Å². The molecule has 0 aromatic heterocycles. The summed E-state index contributed by atoms with van der Waals surface area (Å²) in [6.45, 7) is 4.15. The Morgan fingerprint density at radius 1 is 1.46 bits per heavy atom. The van der Waals surface area contributed by atoms with Gasteiger partial charge in [-0.15, -0.1) is 0 Å². The van der Waals surface area contributed by atoms with Crippen LogP contribution in [0, 0.1) is 13.7 Å². The molecule has 0 atom stereocenters. The van der Waals surface area contributed by atoms with Gasteiger partial charge in [0.25, 0.3) is 5.69 Å². The molecule has 0 aliphatic rings. The number of nitro groups is 1. The van der Waals surface area contributed by atoms with Gasteiger partial charge >= 0.3 is 0 Å². The Kier molecular flexibility index (Phi) is 3.24. The zero-order valence-corrected chi connectivity index (χ0v) is 9.61. The van der Waals surface area contributed by atoms with Crippen molar-refractivity contribution in [3.8, 4) is 0 Å². The molecular weight excluding hydrogens is 281 g/mol. The lowest BCUT2D eigenvalue weighted by Gasteiger charge is -2.06. The van der Waals surface area contributed by atoms with Crippen molar-refractivity contribution in [2.24, 2.45) is 0 Å². The maximum atomic E-state index is 10.4. The zero-order valence-electron chi connectivity index (χ0n) is 7.45. The van der Waals surface area contributed by atoms with E-state index in [4.69, 9.17) is 0 Å². The van der Waals surface area contributed by atoms with E-state index in [2.05, 4.69) is 36.4 Å². The molecule has 3 nitrogen and oxygen atoms in total. The molecule has 0 heterocycles. The van der Waals surface area contributed by atoms with Crippen LogP contribution in [0.4, 0.5) is 5.69 Å². The van der Waals surface area contributed by atoms with E-state index in [1.807, 2.05) is 6.07 Å². The summed E-state index contributed by atoms with van der Waals surface area (Å²) in [6, 6.07) is 4.98. The lowest BCUT2D eigenvalue weighted by atomic mass is 10.0. The van der Waals surface area contributed by atoms with E-state index in [9.17, 15) is 10.1 Å². The van der Waals surface area contributed by atoms with Crippen molar-refractivity contribution in [1.29, 1.82) is 0 Å². The summed E-state index contributed by atoms with van der Waals surface area (Å²) in [6.07, 6.45) is 0. The van der Waals surface area contributed by atoms with Gasteiger partial charge in [-0.2, -0.15) is 0 Å². The summed E-state index contributed by atoms with van der Waals surface area (Å²) in [5.41, 5.74) is 1.32. The first-order chi connectivity index (χ1) is 6.02. The lowest BCUT2D eigenvalue weighted by Crippen LogP contribution is -1.94. The fraction of sp³-hybridized carbons (Fsp3) is 0.333. The molecule has 0 aliphatic carbocycles. The molecule has 13 heavy (non-hydrogen) atoms. The predicted octanol–water partition coefficient (Wildman–Crippen LogP) is 3.32. The van der Waals surface area contributed by atoms with Crippen molar-refractivity contribution < 1.29 is 4.92 Å². The Morgan fingerprint density at radius 2 is 2.08 bits per heavy atom. The summed E-state index contributed by atoms with van der Waals surface area (Å²) < 4.78 is 0.960. The average Bonchev–Trinajstić information content (AvgIpc) is 2.03. The van der Waals surface area contributed by atoms with E-state index in [0.717, 1.165) is 9.13 Å². The van der Waals surface area contributed by atoms with Crippen molar-refractivity contribution >= 4 is 28.3 Å². The molecule has 0 aliphatic heterocycles. The standard InChI is InChI=1S/C9H10INO2/c1-6(2)8-4-3-7(11(12)13)5-9(8)10/h3-6H,1-2H3. The van der Waals surface area contributed by atoms with Crippen LogP contribution in [-0.4, -0.2) is 4.92 Å². The van der Waals surface area contributed by atoms with Crippen LogP contribution in [0.5, 0.6) is 0 Å². The van der Waals surface area contributed by atoms with Gasteiger partial charge in [0.05, 0.1) is 4.92 Å². The Balaban J connectivity index is 3.13. The van der Waals surface area contributed by atoms with Crippen LogP contribution < -0.4 is 0 Å². The second-order valence-corrected chi connectivity index (χ2v) is 4.28. The normalized spacial score (nSPS) is 10.5. The van der Waals surface area contributed by atoms with E-state index >= 15 is 0 Å². The quantitative estimate of drug-likeness (QED) is 0.476. The van der Waals surface area contributed by atoms with Gasteiger partial charge in [-0.25, -0.2) is 0 Å². The number of halogens is 1. The Labute approximate surface area is 90.4 Å². The van der Waals surface area contributed by atoms with E-state index in [-0.39, 0.29) is 10.6 Å². The van der Waals surface area contributed by atoms with Gasteiger partial charge in [0.2, 0.25) is 0 Å². The molecule has 70 valence electrons. The number of hydrogen-bond acceptors (Lipinski definition) is 2. The number of nitrogens with zero attached hydrogens (tertiary/aromatic N) is 1. The Morgan fingerprint density at radius 3 is 2.46 bits per heavy atom. The molecule has 0 radical (unpaired) electrons. The van der Waals surface area contributed by atoms with Gasteiger partial charge in [0.15, 0.2) is 0 Å². The summed E-state index contributed by atoms with van der Waals surface area (Å²) in [7, 11) is 0. The molecule has 1 rings (SSSR count). The monoisotopic (exact) mass is 291 g/mol. The maximum absolute atomic E-state index is 10.4. The lowest BCUT2D eigenvalue weighted by molar-refractivity contribution is -0.385. The third-order valence-electron chi connectivity index (χ3n) is 1.82. The van der Waals surface area contributed by atoms with Gasteiger partial charge in [-0.05, 0) is 34.1 Å². The first-order valence-corrected chi connectivity index (χ1v) is 5.04. The summed E-state index contributed by atoms with van der Waals surface area (Å²) in [4.78, 5) is 10.1. The third-order valence-corrected chi connectivity index (χ3v) is 2.75. The molecule has 0 spiro atoms. The molecular formula is C9H10INO2. The van der Waals surface area contributed by atoms with Crippen LogP contribution in [0.3, 0.4) is 0 Å². The van der Waals surface area contributed by atoms with Gasteiger partial charge in [-0.1, -0.05) is 19.9 Å². The highest BCUT2D eigenvalue weighted by molar-refractivity contribution is 14.1. The van der Waals surface area contributed by atoms with Crippen molar-refractivity contribution in [3.63, 3.8) is 0 Å². The minimum absolute atomic E-state index is 0.161. The highest BCUT2D eigenvalue weighted by Gasteiger charge is 2.10. The van der Waals surface area contributed by atoms with Gasteiger partial charge in [-0.3, -0.25) is 10.1 Å². The Bertz CT molecular complexity index is 336. The zero-order chi connectivity index (χ0) is 10.0. The van der Waals surface area contributed by atoms with Crippen LogP contribution in [-0.2, 0) is 0 Å². The van der Waals surface area contributed by atoms with Crippen molar-refractivity contribution in [1.82, 2.24) is 0 Å². The van der Waals surface area contributed by atoms with Crippen LogP contribution >= 0.6 is 22.6 Å². The van der Waals surface area contributed by atoms with E-state index in [1.54, 1.807) is 12.1 Å². The average molecular weight is 291 g/mol. The second-order valence-electron chi connectivity index (χ2n) is 3.12. The van der Waals surface area contributed by atoms with Crippen LogP contribution in [0.2, 0.25) is 0 Å². The summed E-state index contributed by atoms with van der Waals surface area (Å²) in [5.74, 6) is 0.410. The molecule has 1 aromatic carbocycles. The molecule has 4 heteroatoms. The summed E-state index contributed by atoms with van der Waals surface area (Å²) >= 11 is 2.13. The molecule has 0 bridgehead atoms. The van der Waals surface area contributed by atoms with Crippen LogP contribution in [0.25, 0.3) is 0 Å². The van der Waals surface area contributed by atoms with Crippen molar-refractivity contribution in [3.05, 3.63) is 37.4 Å². The van der Waals surface area contributed by atoms with Gasteiger partial charge in [0, 0.05) is 15.7 Å². The largest absolute Gasteiger partial charge is 0.270 e. The Hall–Kier alpha value is -0.650. The predicted molar refractivity (Wildman–Crippen MR) is 59.9 cm³/mol. The first kappa shape index (κ1) is 10.4. The SMILES string of the molecule is CC(C)c1ccc([N+](=O)[O-])cc1I. The highest BCUT2D eigenvalue weighted by Crippen LogP contribution is 2.25.